The van der Waals surface area contributed by atoms with Crippen molar-refractivity contribution in [2.24, 2.45) is 11.5 Å². The topological polar surface area (TPSA) is 64.1 Å². The molecule has 0 bridgehead atoms. The molecular weight excluding hydrogens is 402 g/mol. The molecule has 0 saturated carbocycles. The van der Waals surface area contributed by atoms with Crippen molar-refractivity contribution in [3.63, 3.8) is 0 Å². The maximum Gasteiger partial charge on any atom is 0.0312 e. The summed E-state index contributed by atoms with van der Waals surface area (Å²) in [5, 5.41) is 3.62. The van der Waals surface area contributed by atoms with Gasteiger partial charge in [-0.25, -0.2) is 0 Å². The largest absolute Gasteiger partial charge is 0.324 e. The first-order valence-corrected chi connectivity index (χ1v) is 13.4. The van der Waals surface area contributed by atoms with Gasteiger partial charge in [-0.15, -0.1) is 0 Å². The maximum atomic E-state index is 6.71. The van der Waals surface area contributed by atoms with E-state index in [0.29, 0.717) is 0 Å². The third-order valence-electron chi connectivity index (χ3n) is 7.17. The smallest absolute Gasteiger partial charge is 0.0312 e. The van der Waals surface area contributed by atoms with Gasteiger partial charge in [-0.05, 0) is 109 Å². The molecule has 33 heavy (non-hydrogen) atoms. The molecule has 2 rings (SSSR count). The van der Waals surface area contributed by atoms with Crippen LogP contribution < -0.4 is 16.8 Å². The predicted octanol–water partition coefficient (Wildman–Crippen LogP) is 6.13. The van der Waals surface area contributed by atoms with Gasteiger partial charge in [0.1, 0.15) is 0 Å². The Hall–Kier alpha value is -1.68. The fourth-order valence-electron chi connectivity index (χ4n) is 5.16. The van der Waals surface area contributed by atoms with Gasteiger partial charge in [0, 0.05) is 12.1 Å². The summed E-state index contributed by atoms with van der Waals surface area (Å²) >= 11 is 0. The highest BCUT2D eigenvalue weighted by Gasteiger charge is 2.17. The summed E-state index contributed by atoms with van der Waals surface area (Å²) in [4.78, 5) is 0. The number of hydrogen-bond acceptors (Lipinski definition) is 3. The van der Waals surface area contributed by atoms with Gasteiger partial charge in [0.2, 0.25) is 0 Å². The third-order valence-corrected chi connectivity index (χ3v) is 7.17. The normalized spacial score (nSPS) is 13.3. The van der Waals surface area contributed by atoms with Gasteiger partial charge >= 0.3 is 0 Å². The van der Waals surface area contributed by atoms with Crippen molar-refractivity contribution in [1.82, 2.24) is 5.32 Å². The lowest BCUT2D eigenvalue weighted by Crippen LogP contribution is -2.26. The Morgan fingerprint density at radius 1 is 0.545 bits per heavy atom. The first-order valence-electron chi connectivity index (χ1n) is 13.4. The van der Waals surface area contributed by atoms with E-state index in [-0.39, 0.29) is 12.1 Å². The van der Waals surface area contributed by atoms with Crippen LogP contribution in [0.3, 0.4) is 0 Å². The Kier molecular flexibility index (Phi) is 11.6. The Bertz CT molecular complexity index is 749. The zero-order valence-corrected chi connectivity index (χ0v) is 22.2. The van der Waals surface area contributed by atoms with Crippen LogP contribution in [0.5, 0.6) is 0 Å². The zero-order chi connectivity index (χ0) is 24.4. The van der Waals surface area contributed by atoms with Crippen molar-refractivity contribution < 1.29 is 0 Å². The molecule has 5 N–H and O–H groups in total. The molecule has 0 aromatic heterocycles. The SMILES string of the molecule is CCc1cc(CC)c(C(N)CCNCCC(N)c2c(CC)cc(CC)cc2CC)c(CC)c1. The zero-order valence-electron chi connectivity index (χ0n) is 22.2. The van der Waals surface area contributed by atoms with E-state index in [0.717, 1.165) is 64.5 Å². The molecule has 0 radical (unpaired) electrons. The number of hydrogen-bond donors (Lipinski definition) is 3. The van der Waals surface area contributed by atoms with E-state index in [9.17, 15) is 0 Å². The second-order valence-corrected chi connectivity index (χ2v) is 9.32. The van der Waals surface area contributed by atoms with Crippen LogP contribution in [0.4, 0.5) is 0 Å². The van der Waals surface area contributed by atoms with E-state index in [1.165, 1.54) is 44.5 Å². The molecule has 3 nitrogen and oxygen atoms in total. The highest BCUT2D eigenvalue weighted by atomic mass is 14.9. The third kappa shape index (κ3) is 7.15. The molecule has 184 valence electrons. The van der Waals surface area contributed by atoms with Crippen LogP contribution in [0, 0.1) is 0 Å². The molecule has 0 saturated heterocycles. The lowest BCUT2D eigenvalue weighted by molar-refractivity contribution is 0.536. The van der Waals surface area contributed by atoms with Gasteiger partial charge in [0.15, 0.2) is 0 Å². The van der Waals surface area contributed by atoms with Gasteiger partial charge in [0.25, 0.3) is 0 Å². The number of nitrogens with two attached hydrogens (primary N) is 2. The molecule has 0 aliphatic heterocycles. The minimum Gasteiger partial charge on any atom is -0.324 e. The fourth-order valence-corrected chi connectivity index (χ4v) is 5.16. The van der Waals surface area contributed by atoms with Crippen molar-refractivity contribution in [2.45, 2.75) is 105 Å². The molecule has 2 unspecified atom stereocenters. The number of nitrogens with one attached hydrogen (secondary N) is 1. The summed E-state index contributed by atoms with van der Waals surface area (Å²) in [6, 6.07) is 9.62. The molecule has 0 amide bonds. The van der Waals surface area contributed by atoms with E-state index in [2.05, 4.69) is 71.1 Å². The van der Waals surface area contributed by atoms with Crippen LogP contribution in [-0.4, -0.2) is 13.1 Å². The molecule has 0 spiro atoms. The van der Waals surface area contributed by atoms with E-state index in [4.69, 9.17) is 11.5 Å². The van der Waals surface area contributed by atoms with Crippen molar-refractivity contribution in [3.8, 4) is 0 Å². The van der Waals surface area contributed by atoms with Crippen LogP contribution in [0.15, 0.2) is 24.3 Å². The van der Waals surface area contributed by atoms with Gasteiger partial charge in [-0.1, -0.05) is 65.8 Å². The molecule has 2 atom stereocenters. The molecule has 0 aliphatic carbocycles. The first-order chi connectivity index (χ1) is 15.9. The maximum absolute atomic E-state index is 6.71. The van der Waals surface area contributed by atoms with Crippen molar-refractivity contribution in [3.05, 3.63) is 68.8 Å². The van der Waals surface area contributed by atoms with Crippen LogP contribution in [0.2, 0.25) is 0 Å². The fraction of sp³-hybridized carbons (Fsp3) is 0.600. The van der Waals surface area contributed by atoms with Gasteiger partial charge in [-0.2, -0.15) is 0 Å². The monoisotopic (exact) mass is 451 g/mol. The second kappa shape index (κ2) is 13.9. The predicted molar refractivity (Wildman–Crippen MR) is 145 cm³/mol. The van der Waals surface area contributed by atoms with Crippen LogP contribution >= 0.6 is 0 Å². The van der Waals surface area contributed by atoms with E-state index in [1.807, 2.05) is 0 Å². The molecule has 2 aromatic carbocycles. The van der Waals surface area contributed by atoms with Crippen LogP contribution in [-0.2, 0) is 38.5 Å². The van der Waals surface area contributed by atoms with Crippen molar-refractivity contribution in [1.29, 1.82) is 0 Å². The van der Waals surface area contributed by atoms with Gasteiger partial charge in [-0.3, -0.25) is 0 Å². The Labute approximate surface area is 203 Å². The molecule has 0 heterocycles. The van der Waals surface area contributed by atoms with Crippen molar-refractivity contribution >= 4 is 0 Å². The number of aryl methyl sites for hydroxylation is 6. The molecule has 3 heteroatoms. The van der Waals surface area contributed by atoms with E-state index in [1.54, 1.807) is 0 Å². The number of rotatable bonds is 14. The summed E-state index contributed by atoms with van der Waals surface area (Å²) in [5.41, 5.74) is 24.7. The summed E-state index contributed by atoms with van der Waals surface area (Å²) < 4.78 is 0. The summed E-state index contributed by atoms with van der Waals surface area (Å²) in [7, 11) is 0. The average molecular weight is 452 g/mol. The van der Waals surface area contributed by atoms with Crippen LogP contribution in [0.25, 0.3) is 0 Å². The second-order valence-electron chi connectivity index (χ2n) is 9.32. The standard InChI is InChI=1S/C30H49N3/c1-7-21-17-23(9-3)29(24(10-4)18-21)27(31)13-15-33-16-14-28(32)30-25(11-5)19-22(8-2)20-26(30)12-6/h17-20,27-28,33H,7-16,31-32H2,1-6H3. The molecule has 0 fully saturated rings. The van der Waals surface area contributed by atoms with E-state index >= 15 is 0 Å². The lowest BCUT2D eigenvalue weighted by atomic mass is 9.88. The minimum absolute atomic E-state index is 0.0851. The summed E-state index contributed by atoms with van der Waals surface area (Å²) in [5.74, 6) is 0. The average Bonchev–Trinajstić information content (AvgIpc) is 2.85. The Morgan fingerprint density at radius 3 is 1.09 bits per heavy atom. The lowest BCUT2D eigenvalue weighted by Gasteiger charge is -2.23. The molecular formula is C30H49N3. The molecule has 2 aromatic rings. The van der Waals surface area contributed by atoms with E-state index < -0.39 is 0 Å². The Balaban J connectivity index is 1.96. The first kappa shape index (κ1) is 27.6. The van der Waals surface area contributed by atoms with Gasteiger partial charge in [0.05, 0.1) is 0 Å². The summed E-state index contributed by atoms with van der Waals surface area (Å²) in [6.07, 6.45) is 8.24. The van der Waals surface area contributed by atoms with Crippen LogP contribution in [0.1, 0.15) is 111 Å². The number of benzene rings is 2. The highest BCUT2D eigenvalue weighted by molar-refractivity contribution is 5.42. The Morgan fingerprint density at radius 2 is 0.848 bits per heavy atom. The highest BCUT2D eigenvalue weighted by Crippen LogP contribution is 2.28. The van der Waals surface area contributed by atoms with Crippen molar-refractivity contribution in [2.75, 3.05) is 13.1 Å². The minimum atomic E-state index is 0.0851. The molecule has 0 aliphatic rings. The van der Waals surface area contributed by atoms with Gasteiger partial charge < -0.3 is 16.8 Å². The quantitative estimate of drug-likeness (QED) is 0.303. The summed E-state index contributed by atoms with van der Waals surface area (Å²) in [6.45, 7) is 15.3.